The van der Waals surface area contributed by atoms with E-state index < -0.39 is 0 Å². The zero-order valence-corrected chi connectivity index (χ0v) is 9.57. The maximum Gasteiger partial charge on any atom is 0.134 e. The standard InChI is InChI=1S/C13H18N2O/c1-2-3-7-12(15-14)11-9-16-13-8-5-4-6-10(11)13/h4-6,8-9,12,15H,2-3,7,14H2,1H3. The lowest BCUT2D eigenvalue weighted by atomic mass is 10.0. The van der Waals surface area contributed by atoms with Crippen molar-refractivity contribution < 1.29 is 4.42 Å². The Hall–Kier alpha value is -1.32. The molecule has 16 heavy (non-hydrogen) atoms. The van der Waals surface area contributed by atoms with Gasteiger partial charge in [-0.05, 0) is 12.5 Å². The topological polar surface area (TPSA) is 51.2 Å². The summed E-state index contributed by atoms with van der Waals surface area (Å²) in [6.07, 6.45) is 5.18. The quantitative estimate of drug-likeness (QED) is 0.599. The van der Waals surface area contributed by atoms with Crippen LogP contribution in [0.1, 0.15) is 37.8 Å². The van der Waals surface area contributed by atoms with Crippen molar-refractivity contribution in [1.82, 2.24) is 5.43 Å². The van der Waals surface area contributed by atoms with Gasteiger partial charge in [0.25, 0.3) is 0 Å². The normalized spacial score (nSPS) is 13.1. The van der Waals surface area contributed by atoms with Gasteiger partial charge in [-0.1, -0.05) is 38.0 Å². The Kier molecular flexibility index (Phi) is 3.59. The zero-order valence-electron chi connectivity index (χ0n) is 9.57. The number of hydrogen-bond acceptors (Lipinski definition) is 3. The lowest BCUT2D eigenvalue weighted by Crippen LogP contribution is -2.27. The molecule has 0 bridgehead atoms. The molecule has 2 aromatic rings. The number of hydrazine groups is 1. The van der Waals surface area contributed by atoms with Crippen LogP contribution in [0.3, 0.4) is 0 Å². The summed E-state index contributed by atoms with van der Waals surface area (Å²) in [5, 5.41) is 1.15. The van der Waals surface area contributed by atoms with E-state index in [1.165, 1.54) is 6.42 Å². The van der Waals surface area contributed by atoms with E-state index >= 15 is 0 Å². The van der Waals surface area contributed by atoms with Crippen molar-refractivity contribution in [2.24, 2.45) is 5.84 Å². The molecule has 1 atom stereocenters. The summed E-state index contributed by atoms with van der Waals surface area (Å²) >= 11 is 0. The summed E-state index contributed by atoms with van der Waals surface area (Å²) in [6, 6.07) is 8.24. The van der Waals surface area contributed by atoms with Crippen molar-refractivity contribution in [1.29, 1.82) is 0 Å². The Bertz CT molecular complexity index is 450. The number of benzene rings is 1. The second-order valence-electron chi connectivity index (χ2n) is 4.05. The first-order valence-electron chi connectivity index (χ1n) is 5.79. The number of hydrogen-bond donors (Lipinski definition) is 2. The monoisotopic (exact) mass is 218 g/mol. The summed E-state index contributed by atoms with van der Waals surface area (Å²) in [5.41, 5.74) is 4.96. The fourth-order valence-corrected chi connectivity index (χ4v) is 2.01. The third-order valence-electron chi connectivity index (χ3n) is 2.93. The van der Waals surface area contributed by atoms with Crippen molar-refractivity contribution >= 4 is 11.0 Å². The largest absolute Gasteiger partial charge is 0.464 e. The van der Waals surface area contributed by atoms with E-state index in [-0.39, 0.29) is 6.04 Å². The van der Waals surface area contributed by atoms with Gasteiger partial charge in [0, 0.05) is 17.0 Å². The minimum atomic E-state index is 0.184. The molecule has 0 amide bonds. The number of unbranched alkanes of at least 4 members (excludes halogenated alkanes) is 1. The first-order chi connectivity index (χ1) is 7.86. The van der Waals surface area contributed by atoms with E-state index in [1.807, 2.05) is 24.5 Å². The molecule has 1 aromatic heterocycles. The fourth-order valence-electron chi connectivity index (χ4n) is 2.01. The highest BCUT2D eigenvalue weighted by Gasteiger charge is 2.14. The minimum Gasteiger partial charge on any atom is -0.464 e. The van der Waals surface area contributed by atoms with Crippen molar-refractivity contribution in [3.8, 4) is 0 Å². The summed E-state index contributed by atoms with van der Waals surface area (Å²) in [5.74, 6) is 5.60. The number of nitrogens with two attached hydrogens (primary N) is 1. The van der Waals surface area contributed by atoms with E-state index in [2.05, 4.69) is 18.4 Å². The van der Waals surface area contributed by atoms with Gasteiger partial charge >= 0.3 is 0 Å². The van der Waals surface area contributed by atoms with Crippen molar-refractivity contribution in [3.05, 3.63) is 36.1 Å². The molecule has 0 aliphatic heterocycles. The van der Waals surface area contributed by atoms with Gasteiger partial charge in [-0.2, -0.15) is 0 Å². The van der Waals surface area contributed by atoms with Gasteiger partial charge < -0.3 is 4.42 Å². The van der Waals surface area contributed by atoms with Gasteiger partial charge in [-0.3, -0.25) is 11.3 Å². The van der Waals surface area contributed by atoms with E-state index in [0.29, 0.717) is 0 Å². The Morgan fingerprint density at radius 2 is 2.19 bits per heavy atom. The molecule has 3 N–H and O–H groups in total. The highest BCUT2D eigenvalue weighted by Crippen LogP contribution is 2.28. The average Bonchev–Trinajstić information content (AvgIpc) is 2.75. The van der Waals surface area contributed by atoms with E-state index in [0.717, 1.165) is 29.4 Å². The van der Waals surface area contributed by atoms with Crippen LogP contribution in [-0.4, -0.2) is 0 Å². The van der Waals surface area contributed by atoms with Gasteiger partial charge in [0.15, 0.2) is 0 Å². The second kappa shape index (κ2) is 5.14. The van der Waals surface area contributed by atoms with Crippen LogP contribution in [0.2, 0.25) is 0 Å². The third-order valence-corrected chi connectivity index (χ3v) is 2.93. The first kappa shape index (κ1) is 11.2. The Morgan fingerprint density at radius 3 is 2.94 bits per heavy atom. The Labute approximate surface area is 95.6 Å². The van der Waals surface area contributed by atoms with Crippen LogP contribution in [0.4, 0.5) is 0 Å². The molecule has 1 aromatic carbocycles. The van der Waals surface area contributed by atoms with Crippen molar-refractivity contribution in [2.45, 2.75) is 32.2 Å². The zero-order chi connectivity index (χ0) is 11.4. The van der Waals surface area contributed by atoms with Crippen LogP contribution < -0.4 is 11.3 Å². The molecular weight excluding hydrogens is 200 g/mol. The first-order valence-corrected chi connectivity index (χ1v) is 5.79. The molecule has 1 heterocycles. The summed E-state index contributed by atoms with van der Waals surface area (Å²) in [7, 11) is 0. The fraction of sp³-hybridized carbons (Fsp3) is 0.385. The number of furan rings is 1. The van der Waals surface area contributed by atoms with Gasteiger partial charge in [0.05, 0.1) is 6.26 Å². The van der Waals surface area contributed by atoms with Crippen LogP contribution in [0, 0.1) is 0 Å². The van der Waals surface area contributed by atoms with E-state index in [9.17, 15) is 0 Å². The van der Waals surface area contributed by atoms with Crippen LogP contribution in [0.15, 0.2) is 34.9 Å². The van der Waals surface area contributed by atoms with Crippen LogP contribution in [0.25, 0.3) is 11.0 Å². The maximum atomic E-state index is 5.60. The Balaban J connectivity index is 2.30. The van der Waals surface area contributed by atoms with Crippen LogP contribution in [0.5, 0.6) is 0 Å². The smallest absolute Gasteiger partial charge is 0.134 e. The van der Waals surface area contributed by atoms with Gasteiger partial charge in [-0.15, -0.1) is 0 Å². The van der Waals surface area contributed by atoms with Gasteiger partial charge in [-0.25, -0.2) is 0 Å². The Morgan fingerprint density at radius 1 is 1.38 bits per heavy atom. The molecule has 3 heteroatoms. The summed E-state index contributed by atoms with van der Waals surface area (Å²) in [4.78, 5) is 0. The second-order valence-corrected chi connectivity index (χ2v) is 4.05. The van der Waals surface area contributed by atoms with Crippen molar-refractivity contribution in [3.63, 3.8) is 0 Å². The lowest BCUT2D eigenvalue weighted by Gasteiger charge is -2.13. The predicted molar refractivity (Wildman–Crippen MR) is 65.8 cm³/mol. The van der Waals surface area contributed by atoms with E-state index in [4.69, 9.17) is 10.3 Å². The molecule has 0 spiro atoms. The predicted octanol–water partition coefficient (Wildman–Crippen LogP) is 3.13. The lowest BCUT2D eigenvalue weighted by molar-refractivity contribution is 0.489. The average molecular weight is 218 g/mol. The molecule has 0 saturated heterocycles. The molecule has 1 unspecified atom stereocenters. The minimum absolute atomic E-state index is 0.184. The SMILES string of the molecule is CCCCC(NN)c1coc2ccccc12. The van der Waals surface area contributed by atoms with Crippen molar-refractivity contribution in [2.75, 3.05) is 0 Å². The van der Waals surface area contributed by atoms with Crippen LogP contribution in [-0.2, 0) is 0 Å². The van der Waals surface area contributed by atoms with E-state index in [1.54, 1.807) is 0 Å². The number of fused-ring (bicyclic) bond motifs is 1. The number of nitrogens with one attached hydrogen (secondary N) is 1. The highest BCUT2D eigenvalue weighted by atomic mass is 16.3. The molecule has 3 nitrogen and oxygen atoms in total. The number of para-hydroxylation sites is 1. The van der Waals surface area contributed by atoms with Gasteiger partial charge in [0.1, 0.15) is 5.58 Å². The molecule has 0 radical (unpaired) electrons. The number of rotatable bonds is 5. The molecule has 86 valence electrons. The molecule has 0 aliphatic rings. The summed E-state index contributed by atoms with van der Waals surface area (Å²) in [6.45, 7) is 2.18. The summed E-state index contributed by atoms with van der Waals surface area (Å²) < 4.78 is 5.52. The maximum absolute atomic E-state index is 5.60. The molecule has 0 aliphatic carbocycles. The molecular formula is C13H18N2O. The molecule has 0 saturated carbocycles. The highest BCUT2D eigenvalue weighted by molar-refractivity contribution is 5.81. The van der Waals surface area contributed by atoms with Crippen LogP contribution >= 0.6 is 0 Å². The third kappa shape index (κ3) is 2.10. The van der Waals surface area contributed by atoms with Gasteiger partial charge in [0.2, 0.25) is 0 Å². The molecule has 0 fully saturated rings. The molecule has 2 rings (SSSR count).